The van der Waals surface area contributed by atoms with Crippen molar-refractivity contribution in [1.29, 1.82) is 0 Å². The highest BCUT2D eigenvalue weighted by atomic mass is 35.5. The van der Waals surface area contributed by atoms with Gasteiger partial charge in [-0.1, -0.05) is 6.92 Å². The van der Waals surface area contributed by atoms with Gasteiger partial charge in [-0.3, -0.25) is 9.36 Å². The smallest absolute Gasteiger partial charge is 0.300 e. The van der Waals surface area contributed by atoms with Crippen molar-refractivity contribution in [2.75, 3.05) is 0 Å². The van der Waals surface area contributed by atoms with Crippen molar-refractivity contribution < 1.29 is 0 Å². The van der Waals surface area contributed by atoms with E-state index in [2.05, 4.69) is 4.98 Å². The van der Waals surface area contributed by atoms with Crippen LogP contribution in [0.5, 0.6) is 0 Å². The Hall–Kier alpha value is -1.40. The van der Waals surface area contributed by atoms with E-state index in [1.165, 1.54) is 10.6 Å². The van der Waals surface area contributed by atoms with Gasteiger partial charge in [-0.05, 0) is 12.8 Å². The van der Waals surface area contributed by atoms with E-state index < -0.39 is 0 Å². The first-order valence-corrected chi connectivity index (χ1v) is 8.36. The second kappa shape index (κ2) is 7.56. The van der Waals surface area contributed by atoms with Crippen LogP contribution in [-0.4, -0.2) is 14.1 Å². The molecule has 0 bridgehead atoms. The number of aryl methyl sites for hydroxylation is 2. The molecule has 2 heterocycles. The molecular weight excluding hydrogens is 310 g/mol. The Morgan fingerprint density at radius 3 is 2.81 bits per heavy atom. The second-order valence-corrected chi connectivity index (χ2v) is 5.96. The summed E-state index contributed by atoms with van der Waals surface area (Å²) in [4.78, 5) is 28.3. The molecule has 0 aliphatic heterocycles. The first-order chi connectivity index (χ1) is 10.2. The van der Waals surface area contributed by atoms with Gasteiger partial charge in [-0.15, -0.1) is 22.9 Å². The van der Waals surface area contributed by atoms with Crippen molar-refractivity contribution in [2.24, 2.45) is 0 Å². The number of halogens is 1. The molecule has 0 fully saturated rings. The minimum Gasteiger partial charge on any atom is -0.300 e. The molecule has 0 unspecified atom stereocenters. The van der Waals surface area contributed by atoms with E-state index >= 15 is 0 Å². The third-order valence-corrected chi connectivity index (χ3v) is 4.34. The van der Waals surface area contributed by atoms with Crippen molar-refractivity contribution >= 4 is 22.9 Å². The average Bonchev–Trinajstić information content (AvgIpc) is 2.94. The molecule has 0 aliphatic carbocycles. The van der Waals surface area contributed by atoms with Gasteiger partial charge in [-0.25, -0.2) is 9.78 Å². The number of thiazole rings is 1. The monoisotopic (exact) mass is 327 g/mol. The highest BCUT2D eigenvalue weighted by molar-refractivity contribution is 7.09. The van der Waals surface area contributed by atoms with Crippen LogP contribution in [0.4, 0.5) is 0 Å². The summed E-state index contributed by atoms with van der Waals surface area (Å²) in [6.07, 6.45) is 3.88. The Labute approximate surface area is 131 Å². The van der Waals surface area contributed by atoms with Crippen LogP contribution in [0.1, 0.15) is 30.5 Å². The molecule has 0 N–H and O–H groups in total. The van der Waals surface area contributed by atoms with Gasteiger partial charge in [0.25, 0.3) is 5.56 Å². The number of hydrogen-bond donors (Lipinski definition) is 0. The van der Waals surface area contributed by atoms with Gasteiger partial charge in [0.05, 0.1) is 16.6 Å². The molecule has 0 saturated heterocycles. The van der Waals surface area contributed by atoms with E-state index in [1.54, 1.807) is 22.1 Å². The van der Waals surface area contributed by atoms with Crippen molar-refractivity contribution in [1.82, 2.24) is 14.1 Å². The molecule has 5 nitrogen and oxygen atoms in total. The van der Waals surface area contributed by atoms with Crippen LogP contribution in [0.25, 0.3) is 0 Å². The van der Waals surface area contributed by atoms with Gasteiger partial charge in [0.15, 0.2) is 0 Å². The van der Waals surface area contributed by atoms with Crippen LogP contribution in [0.2, 0.25) is 0 Å². The summed E-state index contributed by atoms with van der Waals surface area (Å²) in [6.45, 7) is 3.04. The van der Waals surface area contributed by atoms with Crippen molar-refractivity contribution in [3.8, 4) is 0 Å². The summed E-state index contributed by atoms with van der Waals surface area (Å²) >= 11 is 7.28. The predicted octanol–water partition coefficient (Wildman–Crippen LogP) is 2.25. The number of alkyl halides is 1. The zero-order chi connectivity index (χ0) is 15.2. The van der Waals surface area contributed by atoms with Crippen LogP contribution in [0.3, 0.4) is 0 Å². The molecule has 2 aromatic rings. The van der Waals surface area contributed by atoms with E-state index in [0.717, 1.165) is 23.5 Å². The number of aromatic nitrogens is 3. The number of nitrogens with zero attached hydrogens (tertiary/aromatic N) is 3. The fraction of sp³-hybridized carbons (Fsp3) is 0.500. The highest BCUT2D eigenvalue weighted by Gasteiger charge is 2.06. The topological polar surface area (TPSA) is 56.9 Å². The highest BCUT2D eigenvalue weighted by Crippen LogP contribution is 2.13. The summed E-state index contributed by atoms with van der Waals surface area (Å²) in [6, 6.07) is 1.45. The Morgan fingerprint density at radius 2 is 2.14 bits per heavy atom. The summed E-state index contributed by atoms with van der Waals surface area (Å²) < 4.78 is 2.88. The van der Waals surface area contributed by atoms with Gasteiger partial charge < -0.3 is 4.57 Å². The second-order valence-electron chi connectivity index (χ2n) is 4.75. The first kappa shape index (κ1) is 16.0. The molecule has 0 spiro atoms. The number of hydrogen-bond acceptors (Lipinski definition) is 4. The third kappa shape index (κ3) is 4.04. The van der Waals surface area contributed by atoms with Crippen LogP contribution in [-0.2, 0) is 25.4 Å². The maximum atomic E-state index is 12.2. The fourth-order valence-corrected chi connectivity index (χ4v) is 3.16. The summed E-state index contributed by atoms with van der Waals surface area (Å²) in [5, 5.41) is 2.93. The fourth-order valence-electron chi connectivity index (χ4n) is 2.09. The van der Waals surface area contributed by atoms with Crippen LogP contribution in [0.15, 0.2) is 27.2 Å². The Morgan fingerprint density at radius 1 is 1.33 bits per heavy atom. The number of rotatable bonds is 7. The minimum absolute atomic E-state index is 0.232. The molecule has 0 amide bonds. The molecule has 0 atom stereocenters. The molecule has 21 heavy (non-hydrogen) atoms. The van der Waals surface area contributed by atoms with Gasteiger partial charge >= 0.3 is 5.69 Å². The van der Waals surface area contributed by atoms with Gasteiger partial charge in [0.1, 0.15) is 0 Å². The molecule has 0 aromatic carbocycles. The van der Waals surface area contributed by atoms with Gasteiger partial charge in [-0.2, -0.15) is 0 Å². The van der Waals surface area contributed by atoms with Crippen LogP contribution < -0.4 is 11.2 Å². The average molecular weight is 328 g/mol. The molecule has 2 rings (SSSR count). The molecule has 7 heteroatoms. The Balaban J connectivity index is 2.04. The SMILES string of the molecule is CCCn1ccc(=O)n(CCCc2nc(CCl)cs2)c1=O. The van der Waals surface area contributed by atoms with Gasteiger partial charge in [0, 0.05) is 37.2 Å². The maximum Gasteiger partial charge on any atom is 0.330 e. The third-order valence-electron chi connectivity index (χ3n) is 3.11. The molecule has 0 aliphatic rings. The van der Waals surface area contributed by atoms with Crippen molar-refractivity contribution in [3.05, 3.63) is 49.2 Å². The molecule has 0 saturated carbocycles. The quantitative estimate of drug-likeness (QED) is 0.733. The summed E-state index contributed by atoms with van der Waals surface area (Å²) in [7, 11) is 0. The van der Waals surface area contributed by atoms with E-state index in [4.69, 9.17) is 11.6 Å². The van der Waals surface area contributed by atoms with E-state index in [-0.39, 0.29) is 11.2 Å². The minimum atomic E-state index is -0.243. The lowest BCUT2D eigenvalue weighted by Crippen LogP contribution is -2.39. The van der Waals surface area contributed by atoms with Crippen LogP contribution in [0, 0.1) is 0 Å². The zero-order valence-corrected chi connectivity index (χ0v) is 13.5. The van der Waals surface area contributed by atoms with Gasteiger partial charge in [0.2, 0.25) is 0 Å². The van der Waals surface area contributed by atoms with E-state index in [1.807, 2.05) is 12.3 Å². The molecule has 0 radical (unpaired) electrons. The Kier molecular flexibility index (Phi) is 5.76. The first-order valence-electron chi connectivity index (χ1n) is 6.95. The molecule has 114 valence electrons. The van der Waals surface area contributed by atoms with Crippen molar-refractivity contribution in [2.45, 2.75) is 45.2 Å². The van der Waals surface area contributed by atoms with E-state index in [9.17, 15) is 9.59 Å². The van der Waals surface area contributed by atoms with Crippen molar-refractivity contribution in [3.63, 3.8) is 0 Å². The predicted molar refractivity (Wildman–Crippen MR) is 85.2 cm³/mol. The Bertz CT molecular complexity index is 705. The molecular formula is C14H18ClN3O2S. The lowest BCUT2D eigenvalue weighted by molar-refractivity contribution is 0.529. The standard InChI is InChI=1S/C14H18ClN3O2S/c1-2-6-17-8-5-13(19)18(14(17)20)7-3-4-12-16-11(9-15)10-21-12/h5,8,10H,2-4,6-7,9H2,1H3. The molecule has 2 aromatic heterocycles. The largest absolute Gasteiger partial charge is 0.330 e. The summed E-state index contributed by atoms with van der Waals surface area (Å²) in [5.41, 5.74) is 0.400. The zero-order valence-electron chi connectivity index (χ0n) is 11.9. The summed E-state index contributed by atoms with van der Waals surface area (Å²) in [5.74, 6) is 0.413. The maximum absolute atomic E-state index is 12.2. The lowest BCUT2D eigenvalue weighted by Gasteiger charge is -2.08. The lowest BCUT2D eigenvalue weighted by atomic mass is 10.3. The van der Waals surface area contributed by atoms with E-state index in [0.29, 0.717) is 25.4 Å². The normalized spacial score (nSPS) is 11.0. The van der Waals surface area contributed by atoms with Crippen LogP contribution >= 0.6 is 22.9 Å².